The lowest BCUT2D eigenvalue weighted by atomic mass is 9.80. The van der Waals surface area contributed by atoms with Crippen LogP contribution in [-0.4, -0.2) is 16.4 Å². The van der Waals surface area contributed by atoms with Crippen LogP contribution in [0.25, 0.3) is 50.2 Å². The molecule has 4 nitrogen and oxygen atoms in total. The maximum Gasteiger partial charge on any atom is 0.135 e. The average molecular weight is 734 g/mol. The van der Waals surface area contributed by atoms with E-state index >= 15 is 0 Å². The molecule has 0 N–H and O–H groups in total. The summed E-state index contributed by atoms with van der Waals surface area (Å²) in [6.45, 7) is 0.789. The molecule has 0 fully saturated rings. The zero-order valence-corrected chi connectivity index (χ0v) is 31.3. The highest BCUT2D eigenvalue weighted by atomic mass is 32.2. The Labute approximate surface area is 324 Å². The van der Waals surface area contributed by atoms with Crippen molar-refractivity contribution in [2.24, 2.45) is 0 Å². The Morgan fingerprint density at radius 1 is 0.745 bits per heavy atom. The molecule has 3 aliphatic carbocycles. The van der Waals surface area contributed by atoms with Gasteiger partial charge in [-0.25, -0.2) is 0 Å². The van der Waals surface area contributed by atoms with Crippen LogP contribution >= 0.6 is 11.8 Å². The molecule has 2 aliphatic heterocycles. The minimum absolute atomic E-state index is 0.371. The first-order valence-electron chi connectivity index (χ1n) is 19.8. The molecule has 0 spiro atoms. The first kappa shape index (κ1) is 31.7. The SMILES string of the molecule is C1=CC2=C(CC1)c1ccc(Oc3ccc4c5c(n(-c6ccc7oc8ccccc8c7c6)c4c3)C=CCC5)cc1CC[C@H]2c1ccc2c(c1)C1C=COCC1S2. The van der Waals surface area contributed by atoms with E-state index in [1.165, 1.54) is 54.9 Å². The molecule has 268 valence electrons. The second kappa shape index (κ2) is 12.4. The topological polar surface area (TPSA) is 36.5 Å². The number of hydrogen-bond acceptors (Lipinski definition) is 4. The van der Waals surface area contributed by atoms with E-state index in [1.807, 2.05) is 30.2 Å². The molecule has 0 saturated heterocycles. The summed E-state index contributed by atoms with van der Waals surface area (Å²) < 4.78 is 21.1. The third-order valence-electron chi connectivity index (χ3n) is 12.6. The summed E-state index contributed by atoms with van der Waals surface area (Å²) in [7, 11) is 0. The van der Waals surface area contributed by atoms with Crippen LogP contribution < -0.4 is 4.74 Å². The predicted octanol–water partition coefficient (Wildman–Crippen LogP) is 13.2. The number of furan rings is 1. The Morgan fingerprint density at radius 2 is 1.64 bits per heavy atom. The molecule has 5 aromatic carbocycles. The number of rotatable bonds is 4. The summed E-state index contributed by atoms with van der Waals surface area (Å²) in [6.07, 6.45) is 19.9. The number of aromatic nitrogens is 1. The van der Waals surface area contributed by atoms with E-state index in [0.717, 1.165) is 89.8 Å². The summed E-state index contributed by atoms with van der Waals surface area (Å²) in [5.74, 6) is 2.56. The van der Waals surface area contributed by atoms with Gasteiger partial charge in [0.1, 0.15) is 29.3 Å². The van der Waals surface area contributed by atoms with Crippen LogP contribution in [0.1, 0.15) is 71.0 Å². The lowest BCUT2D eigenvalue weighted by molar-refractivity contribution is 0.230. The van der Waals surface area contributed by atoms with Gasteiger partial charge in [0, 0.05) is 50.3 Å². The second-order valence-electron chi connectivity index (χ2n) is 15.6. The first-order chi connectivity index (χ1) is 27.2. The maximum atomic E-state index is 6.78. The molecular weight excluding hydrogens is 695 g/mol. The Balaban J connectivity index is 0.896. The molecule has 0 radical (unpaired) electrons. The number of nitrogens with zero attached hydrogens (tertiary/aromatic N) is 1. The molecule has 7 aromatic rings. The van der Waals surface area contributed by atoms with Gasteiger partial charge in [-0.1, -0.05) is 54.6 Å². The van der Waals surface area contributed by atoms with Crippen molar-refractivity contribution in [1.82, 2.24) is 4.57 Å². The van der Waals surface area contributed by atoms with Crippen LogP contribution in [0.3, 0.4) is 0 Å². The molecule has 5 heteroatoms. The van der Waals surface area contributed by atoms with Crippen molar-refractivity contribution in [2.75, 3.05) is 6.61 Å². The Bertz CT molecular complexity index is 2860. The molecule has 2 aromatic heterocycles. The van der Waals surface area contributed by atoms with Gasteiger partial charge < -0.3 is 18.5 Å². The van der Waals surface area contributed by atoms with Gasteiger partial charge in [-0.15, -0.1) is 11.8 Å². The van der Waals surface area contributed by atoms with Gasteiger partial charge in [0.25, 0.3) is 0 Å². The van der Waals surface area contributed by atoms with Crippen LogP contribution in [0.5, 0.6) is 11.5 Å². The normalized spacial score (nSPS) is 20.9. The smallest absolute Gasteiger partial charge is 0.135 e. The van der Waals surface area contributed by atoms with Crippen LogP contribution in [-0.2, 0) is 17.6 Å². The molecule has 0 saturated carbocycles. The minimum atomic E-state index is 0.371. The fraction of sp³-hybridized carbons (Fsp3) is 0.200. The monoisotopic (exact) mass is 733 g/mol. The number of thioether (sulfide) groups is 1. The molecular formula is C50H39NO3S. The molecule has 5 aliphatic rings. The van der Waals surface area contributed by atoms with Crippen molar-refractivity contribution < 1.29 is 13.9 Å². The third-order valence-corrected chi connectivity index (χ3v) is 13.9. The van der Waals surface area contributed by atoms with Gasteiger partial charge in [0.15, 0.2) is 0 Å². The van der Waals surface area contributed by atoms with Crippen molar-refractivity contribution in [3.05, 3.63) is 167 Å². The van der Waals surface area contributed by atoms with E-state index in [2.05, 4.69) is 120 Å². The van der Waals surface area contributed by atoms with Crippen LogP contribution in [0.4, 0.5) is 0 Å². The maximum absolute atomic E-state index is 6.78. The van der Waals surface area contributed by atoms with E-state index in [0.29, 0.717) is 17.1 Å². The summed E-state index contributed by atoms with van der Waals surface area (Å²) >= 11 is 1.98. The Kier molecular flexibility index (Phi) is 7.16. The van der Waals surface area contributed by atoms with Gasteiger partial charge in [0.2, 0.25) is 0 Å². The van der Waals surface area contributed by atoms with Crippen LogP contribution in [0.2, 0.25) is 0 Å². The zero-order chi connectivity index (χ0) is 36.0. The standard InChI is InChI=1S/C50H39NO3S/c1-2-8-38-36-19-16-33(25-30(36)13-18-35(37(38)7-1)31-14-22-49-44(26-31)42-23-24-52-29-50(42)55-49)53-34-17-20-40-39-9-3-5-11-45(39)51(46(40)28-34)32-15-21-48-43(27-32)41-10-4-6-12-47(41)54-48/h1,4-7,10-12,14-17,19-28,35,42,50H,2-3,8-9,13,18,29H2/t35-,42?,50?/m0/s1. The van der Waals surface area contributed by atoms with E-state index in [-0.39, 0.29) is 0 Å². The lowest BCUT2D eigenvalue weighted by Gasteiger charge is -2.24. The van der Waals surface area contributed by atoms with Gasteiger partial charge in [-0.3, -0.25) is 0 Å². The fourth-order valence-corrected chi connectivity index (χ4v) is 11.4. The minimum Gasteiger partial charge on any atom is -0.500 e. The molecule has 0 bridgehead atoms. The lowest BCUT2D eigenvalue weighted by Crippen LogP contribution is -2.18. The molecule has 0 amide bonds. The van der Waals surface area contributed by atoms with Gasteiger partial charge >= 0.3 is 0 Å². The van der Waals surface area contributed by atoms with Crippen LogP contribution in [0.15, 0.2) is 143 Å². The Hall–Kier alpha value is -5.65. The highest BCUT2D eigenvalue weighted by Crippen LogP contribution is 2.51. The quantitative estimate of drug-likeness (QED) is 0.180. The van der Waals surface area contributed by atoms with Crippen molar-refractivity contribution in [3.63, 3.8) is 0 Å². The van der Waals surface area contributed by atoms with Gasteiger partial charge in [-0.2, -0.15) is 0 Å². The molecule has 3 atom stereocenters. The summed E-state index contributed by atoms with van der Waals surface area (Å²) in [6, 6.07) is 35.6. The highest BCUT2D eigenvalue weighted by Gasteiger charge is 2.35. The Morgan fingerprint density at radius 3 is 2.64 bits per heavy atom. The molecule has 55 heavy (non-hydrogen) atoms. The van der Waals surface area contributed by atoms with E-state index in [9.17, 15) is 0 Å². The molecule has 2 unspecified atom stereocenters. The van der Waals surface area contributed by atoms with Crippen molar-refractivity contribution in [3.8, 4) is 17.2 Å². The van der Waals surface area contributed by atoms with E-state index < -0.39 is 0 Å². The highest BCUT2D eigenvalue weighted by molar-refractivity contribution is 8.00. The van der Waals surface area contributed by atoms with E-state index in [4.69, 9.17) is 13.9 Å². The number of para-hydroxylation sites is 1. The van der Waals surface area contributed by atoms with Crippen LogP contribution in [0, 0.1) is 0 Å². The average Bonchev–Trinajstić information content (AvgIpc) is 3.86. The summed E-state index contributed by atoms with van der Waals surface area (Å²) in [5, 5.41) is 4.05. The summed E-state index contributed by atoms with van der Waals surface area (Å²) in [5.41, 5.74) is 15.5. The number of ether oxygens (including phenoxy) is 2. The number of fused-ring (bicyclic) bond motifs is 11. The first-order valence-corrected chi connectivity index (χ1v) is 20.7. The number of aryl methyl sites for hydroxylation is 2. The number of benzene rings is 5. The van der Waals surface area contributed by atoms with Crippen molar-refractivity contribution in [2.45, 2.75) is 60.5 Å². The van der Waals surface area contributed by atoms with Crippen molar-refractivity contribution >= 4 is 56.3 Å². The second-order valence-corrected chi connectivity index (χ2v) is 16.9. The predicted molar refractivity (Wildman–Crippen MR) is 225 cm³/mol. The largest absolute Gasteiger partial charge is 0.500 e. The van der Waals surface area contributed by atoms with Gasteiger partial charge in [0.05, 0.1) is 17.0 Å². The zero-order valence-electron chi connectivity index (χ0n) is 30.5. The third kappa shape index (κ3) is 5.05. The molecule has 12 rings (SSSR count). The van der Waals surface area contributed by atoms with Gasteiger partial charge in [-0.05, 0) is 144 Å². The van der Waals surface area contributed by atoms with E-state index in [1.54, 1.807) is 0 Å². The molecule has 4 heterocycles. The number of hydrogen-bond donors (Lipinski definition) is 0. The number of allylic oxidation sites excluding steroid dienone is 6. The van der Waals surface area contributed by atoms with Crippen molar-refractivity contribution in [1.29, 1.82) is 0 Å². The fourth-order valence-electron chi connectivity index (χ4n) is 10.0. The summed E-state index contributed by atoms with van der Waals surface area (Å²) in [4.78, 5) is 1.41.